The van der Waals surface area contributed by atoms with Crippen LogP contribution >= 0.6 is 11.3 Å². The van der Waals surface area contributed by atoms with Crippen molar-refractivity contribution in [3.05, 3.63) is 65.7 Å². The Labute approximate surface area is 186 Å². The van der Waals surface area contributed by atoms with E-state index in [0.29, 0.717) is 17.4 Å². The Morgan fingerprint density at radius 2 is 1.90 bits per heavy atom. The minimum absolute atomic E-state index is 0. The maximum Gasteiger partial charge on any atom is 0.263 e. The average Bonchev–Trinajstić information content (AvgIpc) is 3.42. The van der Waals surface area contributed by atoms with Crippen LogP contribution in [0, 0.1) is 0 Å². The van der Waals surface area contributed by atoms with Gasteiger partial charge in [-0.2, -0.15) is 0 Å². The highest BCUT2D eigenvalue weighted by molar-refractivity contribution is 7.93. The molecule has 1 amide bonds. The van der Waals surface area contributed by atoms with Gasteiger partial charge < -0.3 is 9.80 Å². The van der Waals surface area contributed by atoms with Gasteiger partial charge in [0.1, 0.15) is 6.04 Å². The van der Waals surface area contributed by atoms with Crippen molar-refractivity contribution in [2.45, 2.75) is 30.2 Å². The average molecular weight is 457 g/mol. The van der Waals surface area contributed by atoms with Crippen LogP contribution in [0.15, 0.2) is 65.0 Å². The summed E-state index contributed by atoms with van der Waals surface area (Å²) in [6.45, 7) is 1.49. The van der Waals surface area contributed by atoms with Gasteiger partial charge in [0.25, 0.3) is 10.0 Å². The first-order valence-corrected chi connectivity index (χ1v) is 12.6. The zero-order valence-corrected chi connectivity index (χ0v) is 18.4. The molecule has 0 saturated carbocycles. The first-order valence-electron chi connectivity index (χ1n) is 10.2. The standard InChI is InChI=1S/C22H22N4O3S2.H2/c27-21-20(26-13-3-5-16-4-1-2-6-19(16)26)11-14-25(21)17-7-9-18(10-8-17)31(28,29)24-22-23-12-15-30-22;/h1-2,4,6-10,12,15,20H,3,5,11,13-14H2,(H,23,24);1H/t20-;/m1./s1. The van der Waals surface area contributed by atoms with Crippen LogP contribution in [0.4, 0.5) is 16.5 Å². The van der Waals surface area contributed by atoms with Gasteiger partial charge in [-0.15, -0.1) is 11.3 Å². The third-order valence-corrected chi connectivity index (χ3v) is 7.98. The number of amides is 1. The maximum absolute atomic E-state index is 13.3. The predicted octanol–water partition coefficient (Wildman–Crippen LogP) is 3.75. The Balaban J connectivity index is 0.00000245. The molecular formula is C22H24N4O3S2. The number of thiazole rings is 1. The molecule has 2 aromatic carbocycles. The van der Waals surface area contributed by atoms with Crippen molar-refractivity contribution in [2.75, 3.05) is 27.6 Å². The number of carbonyl (C=O) groups excluding carboxylic acids is 1. The molecule has 1 atom stereocenters. The number of rotatable bonds is 5. The zero-order chi connectivity index (χ0) is 21.4. The summed E-state index contributed by atoms with van der Waals surface area (Å²) in [5, 5.41) is 2.03. The highest BCUT2D eigenvalue weighted by atomic mass is 32.2. The first-order chi connectivity index (χ1) is 15.0. The minimum atomic E-state index is -3.71. The minimum Gasteiger partial charge on any atom is -0.359 e. The normalized spacial score (nSPS) is 18.8. The molecule has 31 heavy (non-hydrogen) atoms. The molecule has 9 heteroatoms. The lowest BCUT2D eigenvalue weighted by molar-refractivity contribution is -0.118. The van der Waals surface area contributed by atoms with Crippen LogP contribution in [0.1, 0.15) is 19.8 Å². The van der Waals surface area contributed by atoms with Gasteiger partial charge in [-0.25, -0.2) is 13.4 Å². The number of nitrogens with one attached hydrogen (secondary N) is 1. The Morgan fingerprint density at radius 3 is 2.68 bits per heavy atom. The van der Waals surface area contributed by atoms with E-state index in [1.807, 2.05) is 12.1 Å². The molecule has 1 aromatic heterocycles. The summed E-state index contributed by atoms with van der Waals surface area (Å²) in [5.74, 6) is 0.0632. The molecule has 2 aliphatic rings. The smallest absolute Gasteiger partial charge is 0.263 e. The van der Waals surface area contributed by atoms with Crippen LogP contribution in [0.5, 0.6) is 0 Å². The fourth-order valence-corrected chi connectivity index (χ4v) is 6.14. The molecule has 3 heterocycles. The largest absolute Gasteiger partial charge is 0.359 e. The molecule has 1 N–H and O–H groups in total. The quantitative estimate of drug-likeness (QED) is 0.632. The number of aryl methyl sites for hydroxylation is 1. The van der Waals surface area contributed by atoms with Crippen LogP contribution in [0.2, 0.25) is 0 Å². The van der Waals surface area contributed by atoms with Gasteiger partial charge in [-0.3, -0.25) is 9.52 Å². The fraction of sp³-hybridized carbons (Fsp3) is 0.273. The number of aromatic nitrogens is 1. The predicted molar refractivity (Wildman–Crippen MR) is 124 cm³/mol. The summed E-state index contributed by atoms with van der Waals surface area (Å²) in [6.07, 6.45) is 4.38. The molecule has 1 saturated heterocycles. The van der Waals surface area contributed by atoms with Gasteiger partial charge in [-0.05, 0) is 55.2 Å². The van der Waals surface area contributed by atoms with Crippen molar-refractivity contribution in [1.29, 1.82) is 0 Å². The highest BCUT2D eigenvalue weighted by Crippen LogP contribution is 2.33. The van der Waals surface area contributed by atoms with Gasteiger partial charge in [0, 0.05) is 37.5 Å². The van der Waals surface area contributed by atoms with Crippen molar-refractivity contribution in [3.8, 4) is 0 Å². The number of sulfonamides is 1. The molecule has 0 unspecified atom stereocenters. The van der Waals surface area contributed by atoms with Crippen molar-refractivity contribution in [2.24, 2.45) is 0 Å². The second-order valence-electron chi connectivity index (χ2n) is 7.66. The number of hydrogen-bond acceptors (Lipinski definition) is 6. The van der Waals surface area contributed by atoms with Crippen LogP contribution in [-0.4, -0.2) is 38.4 Å². The summed E-state index contributed by atoms with van der Waals surface area (Å²) in [6, 6.07) is 14.6. The lowest BCUT2D eigenvalue weighted by Gasteiger charge is -2.35. The molecule has 3 aromatic rings. The maximum atomic E-state index is 13.3. The van der Waals surface area contributed by atoms with Crippen molar-refractivity contribution < 1.29 is 14.6 Å². The first kappa shape index (κ1) is 20.0. The molecule has 162 valence electrons. The van der Waals surface area contributed by atoms with Crippen LogP contribution in [0.25, 0.3) is 0 Å². The van der Waals surface area contributed by atoms with Gasteiger partial charge in [-0.1, -0.05) is 18.2 Å². The van der Waals surface area contributed by atoms with E-state index in [9.17, 15) is 13.2 Å². The topological polar surface area (TPSA) is 82.6 Å². The van der Waals surface area contributed by atoms with E-state index in [2.05, 4.69) is 26.7 Å². The lowest BCUT2D eigenvalue weighted by atomic mass is 9.99. The molecule has 0 bridgehead atoms. The summed E-state index contributed by atoms with van der Waals surface area (Å²) < 4.78 is 27.5. The van der Waals surface area contributed by atoms with E-state index in [1.54, 1.807) is 28.6 Å². The van der Waals surface area contributed by atoms with Crippen LogP contribution < -0.4 is 14.5 Å². The number of benzene rings is 2. The van der Waals surface area contributed by atoms with Gasteiger partial charge in [0.2, 0.25) is 5.91 Å². The summed E-state index contributed by atoms with van der Waals surface area (Å²) in [4.78, 5) is 21.3. The molecule has 0 radical (unpaired) electrons. The molecule has 5 rings (SSSR count). The van der Waals surface area contributed by atoms with E-state index < -0.39 is 10.0 Å². The number of anilines is 3. The van der Waals surface area contributed by atoms with E-state index >= 15 is 0 Å². The molecule has 7 nitrogen and oxygen atoms in total. The molecule has 0 aliphatic carbocycles. The van der Waals surface area contributed by atoms with Crippen molar-refractivity contribution in [1.82, 2.24) is 4.98 Å². The fourth-order valence-electron chi connectivity index (χ4n) is 4.35. The summed E-state index contributed by atoms with van der Waals surface area (Å²) in [7, 11) is -3.71. The Morgan fingerprint density at radius 1 is 1.10 bits per heavy atom. The van der Waals surface area contributed by atoms with Crippen LogP contribution in [-0.2, 0) is 21.2 Å². The van der Waals surface area contributed by atoms with E-state index in [0.717, 1.165) is 31.5 Å². The van der Waals surface area contributed by atoms with Crippen LogP contribution in [0.3, 0.4) is 0 Å². The number of carbonyl (C=O) groups is 1. The van der Waals surface area contributed by atoms with Gasteiger partial charge >= 0.3 is 0 Å². The third kappa shape index (κ3) is 3.79. The zero-order valence-electron chi connectivity index (χ0n) is 16.8. The molecule has 0 spiro atoms. The Kier molecular flexibility index (Phi) is 5.15. The number of fused-ring (bicyclic) bond motifs is 1. The van der Waals surface area contributed by atoms with Crippen molar-refractivity contribution >= 4 is 43.8 Å². The monoisotopic (exact) mass is 456 g/mol. The van der Waals surface area contributed by atoms with E-state index in [1.165, 1.54) is 29.0 Å². The van der Waals surface area contributed by atoms with Crippen molar-refractivity contribution in [3.63, 3.8) is 0 Å². The number of hydrogen-bond donors (Lipinski definition) is 1. The summed E-state index contributed by atoms with van der Waals surface area (Å²) in [5.41, 5.74) is 3.16. The third-order valence-electron chi connectivity index (χ3n) is 5.81. The molecular weight excluding hydrogens is 432 g/mol. The summed E-state index contributed by atoms with van der Waals surface area (Å²) >= 11 is 1.22. The number of para-hydroxylation sites is 1. The van der Waals surface area contributed by atoms with E-state index in [4.69, 9.17) is 0 Å². The highest BCUT2D eigenvalue weighted by Gasteiger charge is 2.38. The Bertz CT molecular complexity index is 1200. The molecule has 1 fully saturated rings. The van der Waals surface area contributed by atoms with Gasteiger partial charge in [0.15, 0.2) is 5.13 Å². The SMILES string of the molecule is O=C1[C@H](N2CCCc3ccccc32)CCN1c1ccc(S(=O)(=O)Nc2nccs2)cc1.[HH]. The molecule has 2 aliphatic heterocycles. The number of nitrogens with zero attached hydrogens (tertiary/aromatic N) is 3. The van der Waals surface area contributed by atoms with E-state index in [-0.39, 0.29) is 18.3 Å². The lowest BCUT2D eigenvalue weighted by Crippen LogP contribution is -2.44. The Hall–Kier alpha value is -2.91. The van der Waals surface area contributed by atoms with Gasteiger partial charge in [0.05, 0.1) is 4.90 Å². The second-order valence-corrected chi connectivity index (χ2v) is 10.2. The second kappa shape index (κ2) is 7.97.